The maximum absolute atomic E-state index is 12.0. The van der Waals surface area contributed by atoms with E-state index in [1.807, 2.05) is 50.2 Å². The molecule has 2 amide bonds. The second-order valence-corrected chi connectivity index (χ2v) is 8.03. The van der Waals surface area contributed by atoms with Crippen molar-refractivity contribution in [3.05, 3.63) is 59.2 Å². The second-order valence-electron chi connectivity index (χ2n) is 6.96. The molecular weight excluding hydrogens is 402 g/mol. The Morgan fingerprint density at radius 2 is 1.87 bits per heavy atom. The number of amidine groups is 1. The normalized spacial score (nSPS) is 15.5. The molecule has 1 heterocycles. The van der Waals surface area contributed by atoms with Crippen LogP contribution < -0.4 is 14.8 Å². The fraction of sp³-hybridized carbons (Fsp3) is 0.318. The van der Waals surface area contributed by atoms with Gasteiger partial charge < -0.3 is 14.8 Å². The van der Waals surface area contributed by atoms with Crippen molar-refractivity contribution >= 4 is 28.7 Å². The molecule has 158 valence electrons. The number of amides is 2. The van der Waals surface area contributed by atoms with E-state index in [0.29, 0.717) is 24.1 Å². The van der Waals surface area contributed by atoms with Crippen molar-refractivity contribution in [3.8, 4) is 11.5 Å². The Balaban J connectivity index is 1.60. The molecule has 0 saturated carbocycles. The molecule has 0 spiro atoms. The molecule has 3 rings (SSSR count). The molecule has 0 fully saturated rings. The number of nitrogens with zero attached hydrogens (tertiary/aromatic N) is 2. The molecule has 0 unspecified atom stereocenters. The Morgan fingerprint density at radius 3 is 2.57 bits per heavy atom. The number of hydrogen-bond donors (Lipinski definition) is 1. The van der Waals surface area contributed by atoms with Crippen molar-refractivity contribution in [2.24, 2.45) is 5.10 Å². The van der Waals surface area contributed by atoms with Crippen LogP contribution in [0, 0.1) is 13.8 Å². The minimum atomic E-state index is -0.362. The predicted molar refractivity (Wildman–Crippen MR) is 117 cm³/mol. The molecule has 30 heavy (non-hydrogen) atoms. The molecule has 0 aromatic heterocycles. The minimum Gasteiger partial charge on any atom is -0.490 e. The van der Waals surface area contributed by atoms with Crippen LogP contribution in [0.3, 0.4) is 0 Å². The van der Waals surface area contributed by atoms with Gasteiger partial charge in [0.15, 0.2) is 5.17 Å². The Kier molecular flexibility index (Phi) is 6.99. The number of aryl methyl sites for hydroxylation is 2. The van der Waals surface area contributed by atoms with E-state index >= 15 is 0 Å². The van der Waals surface area contributed by atoms with Crippen LogP contribution in [0.15, 0.2) is 47.6 Å². The van der Waals surface area contributed by atoms with E-state index in [1.54, 1.807) is 0 Å². The van der Waals surface area contributed by atoms with Crippen molar-refractivity contribution in [2.45, 2.75) is 33.1 Å². The number of thioether (sulfide) groups is 1. The van der Waals surface area contributed by atoms with Gasteiger partial charge in [0, 0.05) is 13.8 Å². The van der Waals surface area contributed by atoms with Crippen LogP contribution in [0.5, 0.6) is 11.5 Å². The van der Waals surface area contributed by atoms with Crippen LogP contribution in [0.4, 0.5) is 0 Å². The van der Waals surface area contributed by atoms with E-state index < -0.39 is 0 Å². The van der Waals surface area contributed by atoms with Gasteiger partial charge in [-0.05, 0) is 43.2 Å². The van der Waals surface area contributed by atoms with Crippen LogP contribution in [-0.4, -0.2) is 35.2 Å². The van der Waals surface area contributed by atoms with Crippen LogP contribution >= 0.6 is 11.8 Å². The Morgan fingerprint density at radius 1 is 1.10 bits per heavy atom. The lowest BCUT2D eigenvalue weighted by Crippen LogP contribution is -2.25. The number of nitrogens with one attached hydrogen (secondary N) is 1. The summed E-state index contributed by atoms with van der Waals surface area (Å²) in [4.78, 5) is 23.3. The largest absolute Gasteiger partial charge is 0.490 e. The topological polar surface area (TPSA) is 80.2 Å². The predicted octanol–water partition coefficient (Wildman–Crippen LogP) is 3.76. The molecule has 1 atom stereocenters. The molecular formula is C22H25N3O4S. The van der Waals surface area contributed by atoms with E-state index in [9.17, 15) is 9.59 Å². The number of hydrogen-bond acceptors (Lipinski definition) is 6. The highest BCUT2D eigenvalue weighted by atomic mass is 32.2. The van der Waals surface area contributed by atoms with Crippen molar-refractivity contribution in [1.82, 2.24) is 10.3 Å². The summed E-state index contributed by atoms with van der Waals surface area (Å²) in [5.74, 6) is 1.08. The van der Waals surface area contributed by atoms with E-state index in [2.05, 4.69) is 16.5 Å². The van der Waals surface area contributed by atoms with Gasteiger partial charge in [0.2, 0.25) is 11.8 Å². The number of hydrazone groups is 1. The Bertz CT molecular complexity index is 977. The third-order valence-corrected chi connectivity index (χ3v) is 5.43. The highest BCUT2D eigenvalue weighted by Crippen LogP contribution is 2.39. The summed E-state index contributed by atoms with van der Waals surface area (Å²) in [6, 6.07) is 13.6. The zero-order chi connectivity index (χ0) is 21.7. The first-order chi connectivity index (χ1) is 14.3. The lowest BCUT2D eigenvalue weighted by Gasteiger charge is -2.20. The molecule has 0 aliphatic carbocycles. The number of ether oxygens (including phenoxy) is 2. The fourth-order valence-electron chi connectivity index (χ4n) is 3.01. The van der Waals surface area contributed by atoms with Crippen molar-refractivity contribution in [3.63, 3.8) is 0 Å². The van der Waals surface area contributed by atoms with Gasteiger partial charge >= 0.3 is 0 Å². The van der Waals surface area contributed by atoms with E-state index in [1.165, 1.54) is 36.2 Å². The molecule has 2 aromatic rings. The summed E-state index contributed by atoms with van der Waals surface area (Å²) in [6.07, 6.45) is 0. The Hall–Kier alpha value is -3.00. The van der Waals surface area contributed by atoms with Crippen LogP contribution in [0.25, 0.3) is 0 Å². The van der Waals surface area contributed by atoms with Gasteiger partial charge in [0.25, 0.3) is 0 Å². The van der Waals surface area contributed by atoms with Crippen molar-refractivity contribution in [1.29, 1.82) is 0 Å². The first-order valence-corrected chi connectivity index (χ1v) is 10.5. The molecule has 0 radical (unpaired) electrons. The molecule has 0 saturated heterocycles. The molecule has 1 N–H and O–H groups in total. The minimum absolute atomic E-state index is 0.207. The monoisotopic (exact) mass is 427 g/mol. The maximum atomic E-state index is 12.0. The molecule has 2 aromatic carbocycles. The molecule has 1 aliphatic rings. The zero-order valence-corrected chi connectivity index (χ0v) is 18.3. The van der Waals surface area contributed by atoms with Gasteiger partial charge in [-0.3, -0.25) is 9.59 Å². The molecule has 8 heteroatoms. The second kappa shape index (κ2) is 9.67. The number of carbonyl (C=O) groups excluding carboxylic acids is 2. The number of rotatable bonds is 6. The lowest BCUT2D eigenvalue weighted by atomic mass is 10.1. The average Bonchev–Trinajstić information content (AvgIpc) is 3.10. The first kappa shape index (κ1) is 21.7. The summed E-state index contributed by atoms with van der Waals surface area (Å²) in [7, 11) is 0. The van der Waals surface area contributed by atoms with E-state index in [4.69, 9.17) is 9.47 Å². The van der Waals surface area contributed by atoms with Crippen LogP contribution in [-0.2, 0) is 9.59 Å². The van der Waals surface area contributed by atoms with E-state index in [-0.39, 0.29) is 17.2 Å². The molecule has 0 bridgehead atoms. The fourth-order valence-corrected chi connectivity index (χ4v) is 4.14. The summed E-state index contributed by atoms with van der Waals surface area (Å²) in [5.41, 5.74) is 3.14. The van der Waals surface area contributed by atoms with Crippen LogP contribution in [0.1, 0.15) is 35.9 Å². The van der Waals surface area contributed by atoms with Crippen molar-refractivity contribution < 1.29 is 19.1 Å². The summed E-state index contributed by atoms with van der Waals surface area (Å²) in [5, 5.41) is 8.24. The average molecular weight is 428 g/mol. The summed E-state index contributed by atoms with van der Waals surface area (Å²) >= 11 is 1.31. The first-order valence-electron chi connectivity index (χ1n) is 9.59. The van der Waals surface area contributed by atoms with Crippen LogP contribution in [0.2, 0.25) is 0 Å². The Labute approximate surface area is 180 Å². The van der Waals surface area contributed by atoms with Gasteiger partial charge in [-0.25, -0.2) is 5.01 Å². The number of benzene rings is 2. The van der Waals surface area contributed by atoms with Gasteiger partial charge in [0.1, 0.15) is 30.1 Å². The summed E-state index contributed by atoms with van der Waals surface area (Å²) < 4.78 is 11.6. The van der Waals surface area contributed by atoms with Gasteiger partial charge in [-0.2, -0.15) is 0 Å². The highest BCUT2D eigenvalue weighted by molar-refractivity contribution is 8.14. The smallest absolute Gasteiger partial charge is 0.241 e. The van der Waals surface area contributed by atoms with Gasteiger partial charge in [-0.1, -0.05) is 41.6 Å². The molecule has 7 nitrogen and oxygen atoms in total. The lowest BCUT2D eigenvalue weighted by molar-refractivity contribution is -0.129. The zero-order valence-electron chi connectivity index (χ0n) is 17.5. The SMILES string of the molecule is CC(=O)NC1=NN(C(C)=O)[C@H](c2cccc(OCCOc3ccc(C)cc3C)c2)S1. The standard InChI is InChI=1S/C22H25N3O4S/c1-14-8-9-20(15(2)12-14)29-11-10-28-19-7-5-6-18(13-19)21-25(17(4)27)24-22(30-21)23-16(3)26/h5-9,12-13,21H,10-11H2,1-4H3,(H,23,24,26)/t21-/m0/s1. The van der Waals surface area contributed by atoms with Gasteiger partial charge in [0.05, 0.1) is 0 Å². The third kappa shape index (κ3) is 5.54. The third-order valence-electron chi connectivity index (χ3n) is 4.33. The van der Waals surface area contributed by atoms with Crippen molar-refractivity contribution in [2.75, 3.05) is 13.2 Å². The van der Waals surface area contributed by atoms with E-state index in [0.717, 1.165) is 16.9 Å². The quantitative estimate of drug-likeness (QED) is 0.710. The summed E-state index contributed by atoms with van der Waals surface area (Å²) in [6.45, 7) is 7.72. The molecule has 1 aliphatic heterocycles. The highest BCUT2D eigenvalue weighted by Gasteiger charge is 2.32. The van der Waals surface area contributed by atoms with Gasteiger partial charge in [-0.15, -0.1) is 5.10 Å². The number of carbonyl (C=O) groups is 2. The maximum Gasteiger partial charge on any atom is 0.241 e.